The number of nitrogens with zero attached hydrogens (tertiary/aromatic N) is 3. The van der Waals surface area contributed by atoms with Crippen molar-refractivity contribution < 1.29 is 13.8 Å². The highest BCUT2D eigenvalue weighted by Crippen LogP contribution is 2.33. The lowest BCUT2D eigenvalue weighted by molar-refractivity contribution is -0.877. The van der Waals surface area contributed by atoms with Gasteiger partial charge in [0.15, 0.2) is 6.20 Å². The number of hydrogen-bond acceptors (Lipinski definition) is 2. The summed E-state index contributed by atoms with van der Waals surface area (Å²) in [6.07, 6.45) is 1.51. The second-order valence-corrected chi connectivity index (χ2v) is 6.96. The van der Waals surface area contributed by atoms with Crippen molar-refractivity contribution in [2.24, 2.45) is 0 Å². The van der Waals surface area contributed by atoms with Crippen molar-refractivity contribution in [1.29, 1.82) is 0 Å². The molecule has 4 aromatic rings. The Hall–Kier alpha value is -2.70. The summed E-state index contributed by atoms with van der Waals surface area (Å²) in [5, 5.41) is 27.8. The van der Waals surface area contributed by atoms with Gasteiger partial charge in [0.2, 0.25) is 5.52 Å². The number of pyridine rings is 1. The third kappa shape index (κ3) is 2.81. The monoisotopic (exact) mass is 367 g/mol. The van der Waals surface area contributed by atoms with Crippen LogP contribution in [-0.2, 0) is 6.54 Å². The van der Waals surface area contributed by atoms with Crippen LogP contribution in [-0.4, -0.2) is 28.8 Å². The first-order valence-corrected chi connectivity index (χ1v) is 9.27. The summed E-state index contributed by atoms with van der Waals surface area (Å²) in [4.78, 5) is 0. The fourth-order valence-electron chi connectivity index (χ4n) is 3.88. The van der Waals surface area contributed by atoms with Crippen LogP contribution in [0.4, 0.5) is 4.39 Å². The van der Waals surface area contributed by atoms with Crippen molar-refractivity contribution in [1.82, 2.24) is 4.57 Å². The summed E-state index contributed by atoms with van der Waals surface area (Å²) in [5.74, 6) is -0.443. The first-order chi connectivity index (χ1) is 13.0. The highest BCUT2D eigenvalue weighted by Gasteiger charge is 2.20. The SMILES string of the molecule is CC[N+]([O-])(CC)CCn1c2ccccc2c2c[n+]([O-])c3cc(F)ccc3c21. The number of fused-ring (bicyclic) bond motifs is 5. The van der Waals surface area contributed by atoms with Gasteiger partial charge < -0.3 is 19.6 Å². The molecule has 0 atom stereocenters. The van der Waals surface area contributed by atoms with E-state index in [0.717, 1.165) is 26.5 Å². The van der Waals surface area contributed by atoms with E-state index in [1.807, 2.05) is 38.1 Å². The van der Waals surface area contributed by atoms with Crippen LogP contribution >= 0.6 is 0 Å². The molecular weight excluding hydrogens is 345 g/mol. The first-order valence-electron chi connectivity index (χ1n) is 9.27. The highest BCUT2D eigenvalue weighted by molar-refractivity contribution is 6.15. The van der Waals surface area contributed by atoms with Crippen LogP contribution < -0.4 is 4.73 Å². The van der Waals surface area contributed by atoms with E-state index in [0.29, 0.717) is 37.1 Å². The molecule has 0 amide bonds. The van der Waals surface area contributed by atoms with Crippen molar-refractivity contribution in [3.05, 3.63) is 64.9 Å². The normalized spacial score (nSPS) is 12.4. The van der Waals surface area contributed by atoms with E-state index in [1.54, 1.807) is 6.07 Å². The molecule has 0 aliphatic rings. The minimum Gasteiger partial charge on any atom is -0.633 e. The maximum absolute atomic E-state index is 13.7. The topological polar surface area (TPSA) is 54.9 Å². The van der Waals surface area contributed by atoms with Crippen molar-refractivity contribution in [3.63, 3.8) is 0 Å². The Morgan fingerprint density at radius 2 is 1.78 bits per heavy atom. The third-order valence-electron chi connectivity index (χ3n) is 5.59. The van der Waals surface area contributed by atoms with E-state index in [-0.39, 0.29) is 4.65 Å². The van der Waals surface area contributed by atoms with Crippen LogP contribution in [0.15, 0.2) is 48.7 Å². The van der Waals surface area contributed by atoms with Gasteiger partial charge in [-0.2, -0.15) is 4.73 Å². The highest BCUT2D eigenvalue weighted by atomic mass is 19.1. The predicted molar refractivity (Wildman–Crippen MR) is 105 cm³/mol. The Morgan fingerprint density at radius 1 is 1.04 bits per heavy atom. The molecule has 0 saturated heterocycles. The number of likely N-dealkylation sites (N-methyl/N-ethyl adjacent to an activating group) is 1. The molecule has 2 aromatic carbocycles. The number of quaternary nitrogens is 1. The van der Waals surface area contributed by atoms with Gasteiger partial charge in [-0.05, 0) is 32.0 Å². The van der Waals surface area contributed by atoms with E-state index in [4.69, 9.17) is 0 Å². The first kappa shape index (κ1) is 17.7. The molecule has 0 unspecified atom stereocenters. The molecule has 0 aliphatic heterocycles. The van der Waals surface area contributed by atoms with Gasteiger partial charge in [-0.25, -0.2) is 4.39 Å². The van der Waals surface area contributed by atoms with Gasteiger partial charge in [-0.15, -0.1) is 0 Å². The molecule has 0 aliphatic carbocycles. The van der Waals surface area contributed by atoms with Crippen LogP contribution in [0.2, 0.25) is 0 Å². The molecule has 140 valence electrons. The number of benzene rings is 2. The lowest BCUT2D eigenvalue weighted by Gasteiger charge is -2.41. The average Bonchev–Trinajstić information content (AvgIpc) is 3.00. The molecule has 6 heteroatoms. The van der Waals surface area contributed by atoms with Crippen molar-refractivity contribution in [3.8, 4) is 0 Å². The third-order valence-corrected chi connectivity index (χ3v) is 5.59. The van der Waals surface area contributed by atoms with E-state index in [2.05, 4.69) is 4.57 Å². The Morgan fingerprint density at radius 3 is 2.52 bits per heavy atom. The van der Waals surface area contributed by atoms with Gasteiger partial charge in [0, 0.05) is 17.0 Å². The van der Waals surface area contributed by atoms with Gasteiger partial charge in [0.1, 0.15) is 5.82 Å². The average molecular weight is 367 g/mol. The fraction of sp³-hybridized carbons (Fsp3) is 0.286. The Bertz CT molecular complexity index is 1150. The zero-order valence-corrected chi connectivity index (χ0v) is 15.5. The van der Waals surface area contributed by atoms with E-state index in [1.165, 1.54) is 18.3 Å². The molecular formula is C21H22FN3O2. The second kappa shape index (κ2) is 6.48. The summed E-state index contributed by atoms with van der Waals surface area (Å²) in [5.41, 5.74) is 2.14. The molecule has 27 heavy (non-hydrogen) atoms. The summed E-state index contributed by atoms with van der Waals surface area (Å²) in [6, 6.07) is 12.1. The number of rotatable bonds is 5. The van der Waals surface area contributed by atoms with Crippen molar-refractivity contribution in [2.45, 2.75) is 20.4 Å². The molecule has 0 saturated carbocycles. The van der Waals surface area contributed by atoms with Gasteiger partial charge in [-0.1, -0.05) is 18.2 Å². The summed E-state index contributed by atoms with van der Waals surface area (Å²) in [7, 11) is 0. The second-order valence-electron chi connectivity index (χ2n) is 6.96. The molecule has 4 rings (SSSR count). The van der Waals surface area contributed by atoms with Crippen LogP contribution in [0.1, 0.15) is 13.8 Å². The van der Waals surface area contributed by atoms with Gasteiger partial charge >= 0.3 is 0 Å². The van der Waals surface area contributed by atoms with Crippen LogP contribution in [0.5, 0.6) is 0 Å². The number of hydroxylamine groups is 3. The van der Waals surface area contributed by atoms with Gasteiger partial charge in [0.05, 0.1) is 42.5 Å². The number of halogens is 1. The summed E-state index contributed by atoms with van der Waals surface area (Å²) < 4.78 is 16.3. The maximum atomic E-state index is 13.7. The fourth-order valence-corrected chi connectivity index (χ4v) is 3.88. The quantitative estimate of drug-likeness (QED) is 0.231. The van der Waals surface area contributed by atoms with Crippen LogP contribution in [0.25, 0.3) is 32.7 Å². The Balaban J connectivity index is 2.03. The molecule has 0 N–H and O–H groups in total. The van der Waals surface area contributed by atoms with Gasteiger partial charge in [-0.3, -0.25) is 0 Å². The molecule has 0 fully saturated rings. The minimum atomic E-state index is -0.443. The zero-order chi connectivity index (χ0) is 19.2. The standard InChI is InChI=1S/C21H22FN3O2/c1-3-25(27,4-2)12-11-23-19-8-6-5-7-16(19)18-14-24(26)20-13-15(22)9-10-17(20)21(18)23/h5-10,13-14H,3-4,11-12H2,1-2H3. The molecule has 2 heterocycles. The van der Waals surface area contributed by atoms with E-state index in [9.17, 15) is 14.8 Å². The van der Waals surface area contributed by atoms with Crippen LogP contribution in [0, 0.1) is 16.2 Å². The largest absolute Gasteiger partial charge is 0.633 e. The summed E-state index contributed by atoms with van der Waals surface area (Å²) in [6.45, 7) is 5.81. The van der Waals surface area contributed by atoms with E-state index >= 15 is 0 Å². The summed E-state index contributed by atoms with van der Waals surface area (Å²) >= 11 is 0. The Labute approximate surface area is 156 Å². The molecule has 5 nitrogen and oxygen atoms in total. The molecule has 0 radical (unpaired) electrons. The number of aromatic nitrogens is 2. The van der Waals surface area contributed by atoms with Crippen LogP contribution in [0.3, 0.4) is 0 Å². The lowest BCUT2D eigenvalue weighted by Crippen LogP contribution is -2.43. The van der Waals surface area contributed by atoms with E-state index < -0.39 is 5.82 Å². The maximum Gasteiger partial charge on any atom is 0.228 e. The lowest BCUT2D eigenvalue weighted by atomic mass is 10.1. The molecule has 0 bridgehead atoms. The number of para-hydroxylation sites is 1. The predicted octanol–water partition coefficient (Wildman–Crippen LogP) is 4.07. The number of hydrogen-bond donors (Lipinski definition) is 0. The van der Waals surface area contributed by atoms with Crippen molar-refractivity contribution in [2.75, 3.05) is 19.6 Å². The zero-order valence-electron chi connectivity index (χ0n) is 15.5. The molecule has 0 spiro atoms. The van der Waals surface area contributed by atoms with Gasteiger partial charge in [0.25, 0.3) is 0 Å². The smallest absolute Gasteiger partial charge is 0.228 e. The molecule has 2 aromatic heterocycles. The van der Waals surface area contributed by atoms with Crippen molar-refractivity contribution >= 4 is 32.7 Å². The Kier molecular flexibility index (Phi) is 4.25. The minimum absolute atomic E-state index is 0.269.